The maximum absolute atomic E-state index is 14.0. The van der Waals surface area contributed by atoms with Gasteiger partial charge in [-0.3, -0.25) is 9.36 Å². The van der Waals surface area contributed by atoms with Gasteiger partial charge in [0.2, 0.25) is 0 Å². The number of esters is 1. The van der Waals surface area contributed by atoms with Crippen molar-refractivity contribution in [1.29, 1.82) is 0 Å². The number of thiazole rings is 1. The quantitative estimate of drug-likeness (QED) is 0.297. The van der Waals surface area contributed by atoms with Crippen LogP contribution in [0.5, 0.6) is 11.5 Å². The van der Waals surface area contributed by atoms with Gasteiger partial charge >= 0.3 is 5.97 Å². The predicted octanol–water partition coefficient (Wildman–Crippen LogP) is 5.51. The van der Waals surface area contributed by atoms with Crippen molar-refractivity contribution in [2.24, 2.45) is 4.99 Å². The summed E-state index contributed by atoms with van der Waals surface area (Å²) < 4.78 is 21.0. The number of para-hydroxylation sites is 1. The summed E-state index contributed by atoms with van der Waals surface area (Å²) in [5, 5.41) is 0. The van der Waals surface area contributed by atoms with Crippen LogP contribution in [-0.4, -0.2) is 29.9 Å². The molecule has 3 aromatic rings. The van der Waals surface area contributed by atoms with Crippen molar-refractivity contribution in [2.45, 2.75) is 46.8 Å². The minimum Gasteiger partial charge on any atom is -0.492 e. The Balaban J connectivity index is 2.01. The Labute approximate surface area is 241 Å². The number of carbonyl (C=O) groups excluding carboxylic acids is 1. The van der Waals surface area contributed by atoms with E-state index in [1.807, 2.05) is 57.2 Å². The van der Waals surface area contributed by atoms with Gasteiger partial charge in [-0.1, -0.05) is 45.5 Å². The molecule has 0 spiro atoms. The van der Waals surface area contributed by atoms with E-state index in [4.69, 9.17) is 14.2 Å². The fraction of sp³-hybridized carbons (Fsp3) is 0.321. The maximum Gasteiger partial charge on any atom is 0.338 e. The standard InChI is InChI=1S/C28H28Br2N2O5S/c1-6-35-25-17(12-18(29)14-20(25)30)13-22-26(33)32-24(19-10-8-9-11-21(19)37-15(3)4)23(27(34)36-7-2)16(5)31-28(32)38-22/h8-15,24H,6-7H2,1-5H3/b22-13-/t24-/m0/s1. The van der Waals surface area contributed by atoms with E-state index >= 15 is 0 Å². The Hall–Kier alpha value is -2.69. The van der Waals surface area contributed by atoms with Crippen molar-refractivity contribution < 1.29 is 19.0 Å². The van der Waals surface area contributed by atoms with Crippen molar-refractivity contribution in [1.82, 2.24) is 4.57 Å². The highest BCUT2D eigenvalue weighted by Crippen LogP contribution is 2.37. The minimum absolute atomic E-state index is 0.102. The first-order valence-electron chi connectivity index (χ1n) is 12.2. The summed E-state index contributed by atoms with van der Waals surface area (Å²) in [5.74, 6) is 0.715. The van der Waals surface area contributed by atoms with Crippen molar-refractivity contribution in [2.75, 3.05) is 13.2 Å². The summed E-state index contributed by atoms with van der Waals surface area (Å²) in [4.78, 5) is 32.4. The topological polar surface area (TPSA) is 79.1 Å². The Morgan fingerprint density at radius 1 is 1.18 bits per heavy atom. The second-order valence-corrected chi connectivity index (χ2v) is 11.5. The molecule has 0 fully saturated rings. The second-order valence-electron chi connectivity index (χ2n) is 8.75. The number of allylic oxidation sites excluding steroid dienone is 1. The predicted molar refractivity (Wildman–Crippen MR) is 156 cm³/mol. The number of hydrogen-bond acceptors (Lipinski definition) is 7. The van der Waals surface area contributed by atoms with Crippen molar-refractivity contribution >= 4 is 55.2 Å². The number of fused-ring (bicyclic) bond motifs is 1. The Morgan fingerprint density at radius 2 is 1.92 bits per heavy atom. The molecule has 0 radical (unpaired) electrons. The summed E-state index contributed by atoms with van der Waals surface area (Å²) in [6.07, 6.45) is 1.69. The monoisotopic (exact) mass is 662 g/mol. The number of aromatic nitrogens is 1. The molecule has 10 heteroatoms. The lowest BCUT2D eigenvalue weighted by Crippen LogP contribution is -2.40. The van der Waals surface area contributed by atoms with Crippen molar-refractivity contribution in [3.63, 3.8) is 0 Å². The molecule has 1 atom stereocenters. The highest BCUT2D eigenvalue weighted by atomic mass is 79.9. The molecule has 0 aliphatic carbocycles. The molecule has 7 nitrogen and oxygen atoms in total. The lowest BCUT2D eigenvalue weighted by molar-refractivity contribution is -0.139. The highest BCUT2D eigenvalue weighted by molar-refractivity contribution is 9.11. The molecule has 0 saturated heterocycles. The number of ether oxygens (including phenoxy) is 3. The molecule has 0 saturated carbocycles. The van der Waals surface area contributed by atoms with Gasteiger partial charge in [-0.05, 0) is 74.8 Å². The van der Waals surface area contributed by atoms with Gasteiger partial charge in [-0.2, -0.15) is 0 Å². The van der Waals surface area contributed by atoms with Crippen LogP contribution in [-0.2, 0) is 9.53 Å². The molecule has 2 heterocycles. The van der Waals surface area contributed by atoms with Crippen LogP contribution >= 0.6 is 43.2 Å². The van der Waals surface area contributed by atoms with Gasteiger partial charge in [-0.25, -0.2) is 9.79 Å². The normalized spacial score (nSPS) is 15.4. The molecule has 200 valence electrons. The third kappa shape index (κ3) is 5.67. The average molecular weight is 664 g/mol. The van der Waals surface area contributed by atoms with E-state index in [0.29, 0.717) is 44.3 Å². The SMILES string of the molecule is CCOC(=O)C1=C(C)N=c2s/c(=C\c3cc(Br)cc(Br)c3OCC)c(=O)n2[C@H]1c1ccccc1OC(C)C. The van der Waals surface area contributed by atoms with E-state index in [-0.39, 0.29) is 18.3 Å². The number of nitrogens with zero attached hydrogens (tertiary/aromatic N) is 2. The van der Waals surface area contributed by atoms with E-state index in [2.05, 4.69) is 36.9 Å². The van der Waals surface area contributed by atoms with E-state index in [9.17, 15) is 9.59 Å². The third-order valence-corrected chi connectivity index (χ3v) is 7.74. The molecule has 0 bridgehead atoms. The molecule has 2 aromatic carbocycles. The average Bonchev–Trinajstić information content (AvgIpc) is 3.15. The first kappa shape index (κ1) is 28.3. The minimum atomic E-state index is -0.761. The van der Waals surface area contributed by atoms with Gasteiger partial charge in [0.1, 0.15) is 17.5 Å². The van der Waals surface area contributed by atoms with E-state index in [1.54, 1.807) is 24.5 Å². The van der Waals surface area contributed by atoms with Gasteiger partial charge in [0.15, 0.2) is 4.80 Å². The van der Waals surface area contributed by atoms with Gasteiger partial charge in [0.05, 0.1) is 39.6 Å². The zero-order valence-corrected chi connectivity index (χ0v) is 25.7. The molecule has 0 unspecified atom stereocenters. The van der Waals surface area contributed by atoms with Crippen molar-refractivity contribution in [3.8, 4) is 11.5 Å². The first-order chi connectivity index (χ1) is 18.2. The fourth-order valence-corrected chi connectivity index (χ4v) is 6.69. The molecule has 1 aliphatic heterocycles. The molecule has 4 rings (SSSR count). The molecular formula is C28H28Br2N2O5S. The van der Waals surface area contributed by atoms with Gasteiger partial charge < -0.3 is 14.2 Å². The first-order valence-corrected chi connectivity index (χ1v) is 14.6. The van der Waals surface area contributed by atoms with Crippen LogP contribution in [0.25, 0.3) is 6.08 Å². The molecule has 38 heavy (non-hydrogen) atoms. The highest BCUT2D eigenvalue weighted by Gasteiger charge is 2.35. The Bertz CT molecular complexity index is 1590. The molecule has 0 amide bonds. The molecule has 0 N–H and O–H groups in total. The summed E-state index contributed by atoms with van der Waals surface area (Å²) in [7, 11) is 0. The van der Waals surface area contributed by atoms with Crippen LogP contribution in [0.4, 0.5) is 0 Å². The molecule has 1 aromatic heterocycles. The Kier molecular flexibility index (Phi) is 8.95. The van der Waals surface area contributed by atoms with E-state index < -0.39 is 12.0 Å². The van der Waals surface area contributed by atoms with Crippen LogP contribution in [0.1, 0.15) is 51.8 Å². The van der Waals surface area contributed by atoms with Gasteiger partial charge in [0.25, 0.3) is 5.56 Å². The van der Waals surface area contributed by atoms with Gasteiger partial charge in [-0.15, -0.1) is 0 Å². The third-order valence-electron chi connectivity index (χ3n) is 5.71. The summed E-state index contributed by atoms with van der Waals surface area (Å²) in [6, 6.07) is 10.5. The number of halogens is 2. The zero-order valence-electron chi connectivity index (χ0n) is 21.7. The van der Waals surface area contributed by atoms with Crippen LogP contribution in [0.2, 0.25) is 0 Å². The van der Waals surface area contributed by atoms with Crippen LogP contribution in [0.15, 0.2) is 66.4 Å². The van der Waals surface area contributed by atoms with E-state index in [0.717, 1.165) is 14.5 Å². The number of carbonyl (C=O) groups is 1. The van der Waals surface area contributed by atoms with Gasteiger partial charge in [0, 0.05) is 15.6 Å². The number of hydrogen-bond donors (Lipinski definition) is 0. The number of benzene rings is 2. The molecule has 1 aliphatic rings. The Morgan fingerprint density at radius 3 is 2.61 bits per heavy atom. The van der Waals surface area contributed by atoms with Crippen LogP contribution in [0, 0.1) is 0 Å². The smallest absolute Gasteiger partial charge is 0.338 e. The zero-order chi connectivity index (χ0) is 27.6. The van der Waals surface area contributed by atoms with Crippen molar-refractivity contribution in [3.05, 3.63) is 87.4 Å². The van der Waals surface area contributed by atoms with E-state index in [1.165, 1.54) is 11.3 Å². The largest absolute Gasteiger partial charge is 0.492 e. The fourth-order valence-electron chi connectivity index (χ4n) is 4.28. The lowest BCUT2D eigenvalue weighted by Gasteiger charge is -2.26. The number of rotatable bonds is 8. The van der Waals surface area contributed by atoms with Crippen LogP contribution in [0.3, 0.4) is 0 Å². The summed E-state index contributed by atoms with van der Waals surface area (Å²) >= 11 is 8.34. The second kappa shape index (κ2) is 12.0. The molecular weight excluding hydrogens is 636 g/mol. The van der Waals surface area contributed by atoms with Crippen LogP contribution < -0.4 is 24.4 Å². The summed E-state index contributed by atoms with van der Waals surface area (Å²) in [6.45, 7) is 9.96. The summed E-state index contributed by atoms with van der Waals surface area (Å²) in [5.41, 5.74) is 1.96. The maximum atomic E-state index is 14.0. The lowest BCUT2D eigenvalue weighted by atomic mass is 9.95.